The number of benzene rings is 1. The second-order valence-electron chi connectivity index (χ2n) is 7.54. The van der Waals surface area contributed by atoms with E-state index < -0.39 is 11.9 Å². The van der Waals surface area contributed by atoms with E-state index in [0.29, 0.717) is 9.90 Å². The zero-order valence-electron chi connectivity index (χ0n) is 21.0. The normalized spacial score (nSPS) is 9.94. The maximum Gasteiger partial charge on any atom is 0.348 e. The molecule has 0 radical (unpaired) electrons. The highest BCUT2D eigenvalue weighted by Gasteiger charge is 2.28. The Morgan fingerprint density at radius 2 is 1.65 bits per heavy atom. The SMILES string of the molecule is CC.CC.CCC(=O)CN(C(=O)c1ccc(Cl)cc1Cl)c1cc(C#CC(C)(C)C)sc1C(=O)O. The van der Waals surface area contributed by atoms with Gasteiger partial charge in [0.15, 0.2) is 5.78 Å². The van der Waals surface area contributed by atoms with Gasteiger partial charge in [-0.05, 0) is 45.0 Å². The molecule has 186 valence electrons. The lowest BCUT2D eigenvalue weighted by Crippen LogP contribution is -2.36. The highest BCUT2D eigenvalue weighted by Crippen LogP contribution is 2.33. The number of hydrogen-bond acceptors (Lipinski definition) is 4. The Kier molecular flexibility index (Phi) is 13.8. The number of carboxylic acid groups (broad SMARTS) is 1. The summed E-state index contributed by atoms with van der Waals surface area (Å²) < 4.78 is 0. The highest BCUT2D eigenvalue weighted by atomic mass is 35.5. The number of thiophene rings is 1. The number of hydrogen-bond donors (Lipinski definition) is 1. The van der Waals surface area contributed by atoms with Gasteiger partial charge in [0.1, 0.15) is 4.88 Å². The molecule has 0 fully saturated rings. The van der Waals surface area contributed by atoms with Gasteiger partial charge >= 0.3 is 5.97 Å². The van der Waals surface area contributed by atoms with E-state index in [2.05, 4.69) is 11.8 Å². The molecule has 1 amide bonds. The molecule has 2 rings (SSSR count). The monoisotopic (exact) mass is 525 g/mol. The molecule has 5 nitrogen and oxygen atoms in total. The van der Waals surface area contributed by atoms with Gasteiger partial charge in [-0.1, -0.05) is 69.7 Å². The average molecular weight is 527 g/mol. The predicted molar refractivity (Wildman–Crippen MR) is 144 cm³/mol. The zero-order valence-corrected chi connectivity index (χ0v) is 23.3. The molecule has 8 heteroatoms. The van der Waals surface area contributed by atoms with E-state index in [1.165, 1.54) is 24.3 Å². The summed E-state index contributed by atoms with van der Waals surface area (Å²) in [5.41, 5.74) is -0.0451. The molecular weight excluding hydrogens is 493 g/mol. The van der Waals surface area contributed by atoms with Crippen LogP contribution in [-0.2, 0) is 4.79 Å². The molecule has 0 aliphatic heterocycles. The third-order valence-corrected chi connectivity index (χ3v) is 5.47. The van der Waals surface area contributed by atoms with Gasteiger partial charge in [-0.2, -0.15) is 0 Å². The molecule has 1 N–H and O–H groups in total. The smallest absolute Gasteiger partial charge is 0.348 e. The van der Waals surface area contributed by atoms with E-state index in [1.807, 2.05) is 48.5 Å². The Morgan fingerprint density at radius 3 is 2.12 bits per heavy atom. The topological polar surface area (TPSA) is 74.7 Å². The molecule has 0 spiro atoms. The quantitative estimate of drug-likeness (QED) is 0.389. The fourth-order valence-electron chi connectivity index (χ4n) is 2.41. The summed E-state index contributed by atoms with van der Waals surface area (Å²) in [5.74, 6) is 3.99. The Morgan fingerprint density at radius 1 is 1.06 bits per heavy atom. The first-order valence-electron chi connectivity index (χ1n) is 11.1. The lowest BCUT2D eigenvalue weighted by molar-refractivity contribution is -0.117. The van der Waals surface area contributed by atoms with Gasteiger partial charge in [0.25, 0.3) is 5.91 Å². The van der Waals surface area contributed by atoms with E-state index in [1.54, 1.807) is 6.92 Å². The van der Waals surface area contributed by atoms with Crippen LogP contribution in [0.1, 0.15) is 86.7 Å². The zero-order chi connectivity index (χ0) is 26.6. The third kappa shape index (κ3) is 9.50. The number of carbonyl (C=O) groups is 3. The van der Waals surface area contributed by atoms with Crippen molar-refractivity contribution in [3.8, 4) is 11.8 Å². The fraction of sp³-hybridized carbons (Fsp3) is 0.423. The van der Waals surface area contributed by atoms with Crippen LogP contribution in [0.3, 0.4) is 0 Å². The van der Waals surface area contributed by atoms with Crippen molar-refractivity contribution in [2.75, 3.05) is 11.4 Å². The van der Waals surface area contributed by atoms with E-state index >= 15 is 0 Å². The number of carbonyl (C=O) groups excluding carboxylic acids is 2. The maximum atomic E-state index is 13.3. The second kappa shape index (κ2) is 14.8. The average Bonchev–Trinajstić information content (AvgIpc) is 3.22. The van der Waals surface area contributed by atoms with Crippen molar-refractivity contribution in [3.63, 3.8) is 0 Å². The number of rotatable bonds is 6. The van der Waals surface area contributed by atoms with Crippen molar-refractivity contribution in [1.29, 1.82) is 0 Å². The Balaban J connectivity index is 0.00000258. The summed E-state index contributed by atoms with van der Waals surface area (Å²) in [5, 5.41) is 10.2. The molecule has 1 aromatic carbocycles. The van der Waals surface area contributed by atoms with Gasteiger partial charge in [-0.3, -0.25) is 14.5 Å². The van der Waals surface area contributed by atoms with Crippen molar-refractivity contribution >= 4 is 57.9 Å². The van der Waals surface area contributed by atoms with Crippen molar-refractivity contribution in [1.82, 2.24) is 0 Å². The minimum atomic E-state index is -1.21. The van der Waals surface area contributed by atoms with Crippen LogP contribution in [0.5, 0.6) is 0 Å². The molecule has 0 saturated heterocycles. The fourth-order valence-corrected chi connectivity index (χ4v) is 3.75. The molecule has 0 aliphatic carbocycles. The van der Waals surface area contributed by atoms with Gasteiger partial charge < -0.3 is 5.11 Å². The van der Waals surface area contributed by atoms with Gasteiger partial charge in [-0.15, -0.1) is 11.3 Å². The number of aromatic carboxylic acids is 1. The minimum absolute atomic E-state index is 0.0736. The standard InChI is InChI=1S/C22H21Cl2NO4S.2C2H6/c1-5-14(26)12-25(20(27)16-7-6-13(23)10-17(16)24)18-11-15(8-9-22(2,3)4)30-19(18)21(28)29;2*1-2/h6-7,10-11H,5,12H2,1-4H3,(H,28,29);2*1-2H3. The Hall–Kier alpha value is -2.33. The molecular formula is C26H33Cl2NO4S. The molecule has 1 aromatic heterocycles. The van der Waals surface area contributed by atoms with Crippen LogP contribution in [0.15, 0.2) is 24.3 Å². The Labute approximate surface area is 217 Å². The van der Waals surface area contributed by atoms with E-state index in [0.717, 1.165) is 16.2 Å². The molecule has 0 aliphatic rings. The first-order valence-corrected chi connectivity index (χ1v) is 12.7. The van der Waals surface area contributed by atoms with E-state index in [9.17, 15) is 19.5 Å². The van der Waals surface area contributed by atoms with Crippen molar-refractivity contribution in [3.05, 3.63) is 49.6 Å². The number of ketones is 1. The van der Waals surface area contributed by atoms with Crippen LogP contribution in [-0.4, -0.2) is 29.3 Å². The number of amides is 1. The first-order chi connectivity index (χ1) is 15.9. The minimum Gasteiger partial charge on any atom is -0.477 e. The lowest BCUT2D eigenvalue weighted by atomic mass is 9.98. The number of carboxylic acids is 1. The van der Waals surface area contributed by atoms with Crippen LogP contribution < -0.4 is 4.90 Å². The van der Waals surface area contributed by atoms with Crippen molar-refractivity contribution in [2.45, 2.75) is 61.8 Å². The van der Waals surface area contributed by atoms with Crippen LogP contribution in [0, 0.1) is 17.3 Å². The second-order valence-corrected chi connectivity index (χ2v) is 9.43. The number of nitrogens with zero attached hydrogens (tertiary/aromatic N) is 1. The largest absolute Gasteiger partial charge is 0.477 e. The summed E-state index contributed by atoms with van der Waals surface area (Å²) in [6, 6.07) is 5.90. The molecule has 0 saturated carbocycles. The number of anilines is 1. The summed E-state index contributed by atoms with van der Waals surface area (Å²) in [4.78, 5) is 38.9. The maximum absolute atomic E-state index is 13.3. The summed E-state index contributed by atoms with van der Waals surface area (Å²) in [7, 11) is 0. The van der Waals surface area contributed by atoms with Crippen molar-refractivity contribution in [2.24, 2.45) is 5.41 Å². The Bertz CT molecular complexity index is 1060. The first kappa shape index (κ1) is 31.7. The van der Waals surface area contributed by atoms with Gasteiger partial charge in [-0.25, -0.2) is 4.79 Å². The molecule has 0 unspecified atom stereocenters. The van der Waals surface area contributed by atoms with E-state index in [-0.39, 0.29) is 45.3 Å². The summed E-state index contributed by atoms with van der Waals surface area (Å²) >= 11 is 13.1. The van der Waals surface area contributed by atoms with Crippen LogP contribution in [0.2, 0.25) is 10.0 Å². The van der Waals surface area contributed by atoms with Gasteiger partial charge in [0.05, 0.1) is 27.7 Å². The molecule has 0 atom stereocenters. The molecule has 1 heterocycles. The molecule has 34 heavy (non-hydrogen) atoms. The molecule has 2 aromatic rings. The third-order valence-electron chi connectivity index (χ3n) is 3.89. The lowest BCUT2D eigenvalue weighted by Gasteiger charge is -2.22. The van der Waals surface area contributed by atoms with Gasteiger partial charge in [0, 0.05) is 16.9 Å². The van der Waals surface area contributed by atoms with Crippen molar-refractivity contribution < 1.29 is 19.5 Å². The highest BCUT2D eigenvalue weighted by molar-refractivity contribution is 7.15. The molecule has 0 bridgehead atoms. The number of halogens is 2. The van der Waals surface area contributed by atoms with Crippen LogP contribution in [0.25, 0.3) is 0 Å². The van der Waals surface area contributed by atoms with E-state index in [4.69, 9.17) is 23.2 Å². The summed E-state index contributed by atoms with van der Waals surface area (Å²) in [6.07, 6.45) is 0.196. The van der Waals surface area contributed by atoms with Crippen LogP contribution >= 0.6 is 34.5 Å². The van der Waals surface area contributed by atoms with Crippen LogP contribution in [0.4, 0.5) is 5.69 Å². The van der Waals surface area contributed by atoms with Gasteiger partial charge in [0.2, 0.25) is 0 Å². The predicted octanol–water partition coefficient (Wildman–Crippen LogP) is 7.83. The summed E-state index contributed by atoms with van der Waals surface area (Å²) in [6.45, 7) is 15.2. The number of Topliss-reactive ketones (excluding diaryl/α,β-unsaturated/α-hetero) is 1.